The first-order valence-electron chi connectivity index (χ1n) is 14.1. The predicted octanol–water partition coefficient (Wildman–Crippen LogP) is 11.6. The van der Waals surface area contributed by atoms with Crippen LogP contribution in [-0.2, 0) is 0 Å². The number of hydrogen-bond acceptors (Lipinski definition) is 0. The SMILES string of the molecule is C=C(C)c1ccccc1C(C)C(C(=C)C)C(C(=C)C)C(C)c1ccccc1.CC.Cc1ccc(C)c(C)c1. The van der Waals surface area contributed by atoms with E-state index < -0.39 is 0 Å². The maximum absolute atomic E-state index is 4.39. The van der Waals surface area contributed by atoms with Crippen molar-refractivity contribution in [2.75, 3.05) is 0 Å². The van der Waals surface area contributed by atoms with Crippen LogP contribution in [0.2, 0.25) is 0 Å². The summed E-state index contributed by atoms with van der Waals surface area (Å²) in [5.41, 5.74) is 11.6. The molecule has 3 aromatic rings. The average Bonchev–Trinajstić information content (AvgIpc) is 2.90. The number of aryl methyl sites for hydroxylation is 3. The van der Waals surface area contributed by atoms with Crippen LogP contribution in [0, 0.1) is 32.6 Å². The number of rotatable bonds is 8. The van der Waals surface area contributed by atoms with Crippen LogP contribution in [0.3, 0.4) is 0 Å². The number of allylic oxidation sites excluding steroid dienone is 3. The Morgan fingerprint density at radius 2 is 1.11 bits per heavy atom. The van der Waals surface area contributed by atoms with Gasteiger partial charge in [0.05, 0.1) is 0 Å². The quantitative estimate of drug-likeness (QED) is 0.265. The van der Waals surface area contributed by atoms with Crippen LogP contribution in [0.1, 0.15) is 93.7 Å². The van der Waals surface area contributed by atoms with Crippen LogP contribution in [0.15, 0.2) is 104 Å². The third-order valence-electron chi connectivity index (χ3n) is 7.50. The lowest BCUT2D eigenvalue weighted by atomic mass is 9.66. The van der Waals surface area contributed by atoms with Gasteiger partial charge in [-0.1, -0.05) is 143 Å². The Morgan fingerprint density at radius 1 is 0.605 bits per heavy atom. The molecule has 204 valence electrons. The molecule has 0 spiro atoms. The summed E-state index contributed by atoms with van der Waals surface area (Å²) in [4.78, 5) is 0. The standard InChI is InChI=1S/C27H34.C9H12.C2H6/c1-18(2)24-16-12-13-17-25(24)22(8)27(20(5)6)26(19(3)4)21(7)23-14-10-9-11-15-23;1-7-4-5-8(2)9(3)6-7;1-2/h9-17,21-22,26-27H,1,3,5H2,2,4,6-8H3;4-6H,1-3H3;1-2H3. The Bertz CT molecular complexity index is 1180. The van der Waals surface area contributed by atoms with E-state index in [-0.39, 0.29) is 0 Å². The van der Waals surface area contributed by atoms with Crippen molar-refractivity contribution in [1.82, 2.24) is 0 Å². The molecule has 38 heavy (non-hydrogen) atoms. The van der Waals surface area contributed by atoms with E-state index >= 15 is 0 Å². The van der Waals surface area contributed by atoms with Crippen LogP contribution >= 0.6 is 0 Å². The first kappa shape index (κ1) is 32.9. The van der Waals surface area contributed by atoms with Gasteiger partial charge in [0.25, 0.3) is 0 Å². The van der Waals surface area contributed by atoms with E-state index in [2.05, 4.69) is 148 Å². The molecule has 0 heterocycles. The highest BCUT2D eigenvalue weighted by molar-refractivity contribution is 5.65. The van der Waals surface area contributed by atoms with E-state index in [4.69, 9.17) is 0 Å². The third-order valence-corrected chi connectivity index (χ3v) is 7.50. The fraction of sp³-hybridized carbons (Fsp3) is 0.368. The fourth-order valence-electron chi connectivity index (χ4n) is 5.42. The molecule has 3 rings (SSSR count). The van der Waals surface area contributed by atoms with Crippen LogP contribution in [0.4, 0.5) is 0 Å². The molecular weight excluding hydrogens is 456 g/mol. The molecule has 0 N–H and O–H groups in total. The van der Waals surface area contributed by atoms with Crippen molar-refractivity contribution in [3.63, 3.8) is 0 Å². The summed E-state index contributed by atoms with van der Waals surface area (Å²) < 4.78 is 0. The second-order valence-electron chi connectivity index (χ2n) is 10.7. The van der Waals surface area contributed by atoms with Crippen LogP contribution < -0.4 is 0 Å². The normalized spacial score (nSPS) is 13.4. The van der Waals surface area contributed by atoms with Crippen molar-refractivity contribution < 1.29 is 0 Å². The molecule has 0 aliphatic rings. The molecular formula is C38H52. The smallest absolute Gasteiger partial charge is 0.00710 e. The second-order valence-corrected chi connectivity index (χ2v) is 10.7. The molecule has 0 heteroatoms. The fourth-order valence-corrected chi connectivity index (χ4v) is 5.42. The Balaban J connectivity index is 0.000000548. The molecule has 0 saturated heterocycles. The van der Waals surface area contributed by atoms with Crippen LogP contribution in [0.5, 0.6) is 0 Å². The van der Waals surface area contributed by atoms with Gasteiger partial charge in [-0.3, -0.25) is 0 Å². The highest BCUT2D eigenvalue weighted by atomic mass is 14.4. The average molecular weight is 509 g/mol. The van der Waals surface area contributed by atoms with Gasteiger partial charge in [0, 0.05) is 0 Å². The summed E-state index contributed by atoms with van der Waals surface area (Å²) in [5.74, 6) is 1.37. The van der Waals surface area contributed by atoms with Gasteiger partial charge in [-0.25, -0.2) is 0 Å². The zero-order valence-corrected chi connectivity index (χ0v) is 25.9. The minimum atomic E-state index is 0.318. The lowest BCUT2D eigenvalue weighted by Crippen LogP contribution is -2.27. The zero-order valence-electron chi connectivity index (χ0n) is 25.9. The van der Waals surface area contributed by atoms with Gasteiger partial charge in [0.1, 0.15) is 0 Å². The Kier molecular flexibility index (Phi) is 13.8. The minimum absolute atomic E-state index is 0.318. The Labute approximate surface area is 235 Å². The topological polar surface area (TPSA) is 0 Å². The van der Waals surface area contributed by atoms with E-state index in [1.54, 1.807) is 0 Å². The summed E-state index contributed by atoms with van der Waals surface area (Å²) in [7, 11) is 0. The van der Waals surface area contributed by atoms with Crippen molar-refractivity contribution >= 4 is 5.57 Å². The molecule has 0 amide bonds. The molecule has 4 unspecified atom stereocenters. The first-order chi connectivity index (χ1) is 18.0. The molecule has 0 saturated carbocycles. The molecule has 0 fully saturated rings. The van der Waals surface area contributed by atoms with Crippen molar-refractivity contribution in [2.24, 2.45) is 11.8 Å². The Hall–Kier alpha value is -3.12. The summed E-state index contributed by atoms with van der Waals surface area (Å²) in [5, 5.41) is 0. The first-order valence-corrected chi connectivity index (χ1v) is 14.1. The zero-order chi connectivity index (χ0) is 29.0. The third kappa shape index (κ3) is 9.02. The highest BCUT2D eigenvalue weighted by Gasteiger charge is 2.34. The summed E-state index contributed by atoms with van der Waals surface area (Å²) >= 11 is 0. The molecule has 3 aromatic carbocycles. The summed E-state index contributed by atoms with van der Waals surface area (Å²) in [6.07, 6.45) is 0. The molecule has 0 aliphatic heterocycles. The molecule has 0 aliphatic carbocycles. The van der Waals surface area contributed by atoms with Gasteiger partial charge >= 0.3 is 0 Å². The monoisotopic (exact) mass is 508 g/mol. The van der Waals surface area contributed by atoms with Crippen LogP contribution in [0.25, 0.3) is 5.57 Å². The molecule has 0 radical (unpaired) electrons. The number of benzene rings is 3. The minimum Gasteiger partial charge on any atom is -0.0998 e. The second kappa shape index (κ2) is 16.0. The summed E-state index contributed by atoms with van der Waals surface area (Å²) in [6.45, 7) is 34.4. The maximum atomic E-state index is 4.39. The lowest BCUT2D eigenvalue weighted by Gasteiger charge is -2.38. The van der Waals surface area contributed by atoms with Crippen molar-refractivity contribution in [2.45, 2.75) is 81.1 Å². The molecule has 0 nitrogen and oxygen atoms in total. The van der Waals surface area contributed by atoms with Gasteiger partial charge < -0.3 is 0 Å². The van der Waals surface area contributed by atoms with Crippen molar-refractivity contribution in [1.29, 1.82) is 0 Å². The molecule has 4 atom stereocenters. The molecule has 0 aromatic heterocycles. The van der Waals surface area contributed by atoms with E-state index in [1.807, 2.05) is 13.8 Å². The van der Waals surface area contributed by atoms with Gasteiger partial charge in [0.15, 0.2) is 0 Å². The largest absolute Gasteiger partial charge is 0.0998 e. The van der Waals surface area contributed by atoms with Gasteiger partial charge in [-0.2, -0.15) is 0 Å². The summed E-state index contributed by atoms with van der Waals surface area (Å²) in [6, 6.07) is 25.9. The number of hydrogen-bond donors (Lipinski definition) is 0. The lowest BCUT2D eigenvalue weighted by molar-refractivity contribution is 0.336. The van der Waals surface area contributed by atoms with E-state index in [1.165, 1.54) is 44.5 Å². The van der Waals surface area contributed by atoms with Crippen molar-refractivity contribution in [3.8, 4) is 0 Å². The molecule has 0 bridgehead atoms. The van der Waals surface area contributed by atoms with Crippen molar-refractivity contribution in [3.05, 3.63) is 137 Å². The Morgan fingerprint density at radius 3 is 1.58 bits per heavy atom. The highest BCUT2D eigenvalue weighted by Crippen LogP contribution is 2.45. The predicted molar refractivity (Wildman–Crippen MR) is 173 cm³/mol. The van der Waals surface area contributed by atoms with Crippen LogP contribution in [-0.4, -0.2) is 0 Å². The maximum Gasteiger partial charge on any atom is -0.00710 e. The van der Waals surface area contributed by atoms with E-state index in [9.17, 15) is 0 Å². The van der Waals surface area contributed by atoms with Gasteiger partial charge in [-0.05, 0) is 93.0 Å². The van der Waals surface area contributed by atoms with E-state index in [0.29, 0.717) is 23.7 Å². The van der Waals surface area contributed by atoms with Gasteiger partial charge in [-0.15, -0.1) is 0 Å². The van der Waals surface area contributed by atoms with Gasteiger partial charge in [0.2, 0.25) is 0 Å². The van der Waals surface area contributed by atoms with E-state index in [0.717, 1.165) is 5.57 Å².